The van der Waals surface area contributed by atoms with Crippen molar-refractivity contribution in [3.05, 3.63) is 38.9 Å². The highest BCUT2D eigenvalue weighted by Gasteiger charge is 2.28. The minimum Gasteiger partial charge on any atom is -0.329 e. The van der Waals surface area contributed by atoms with Gasteiger partial charge in [0.2, 0.25) is 5.91 Å². The Morgan fingerprint density at radius 2 is 2.17 bits per heavy atom. The number of nitro benzene ring substituents is 1. The molecule has 1 heterocycles. The Morgan fingerprint density at radius 3 is 2.72 bits per heavy atom. The molecule has 1 aromatic carbocycles. The van der Waals surface area contributed by atoms with Crippen LogP contribution in [0.25, 0.3) is 0 Å². The lowest BCUT2D eigenvalue weighted by molar-refractivity contribution is -0.384. The average Bonchev–Trinajstić information content (AvgIpc) is 2.63. The molecule has 0 unspecified atom stereocenters. The van der Waals surface area contributed by atoms with E-state index in [1.807, 2.05) is 0 Å². The van der Waals surface area contributed by atoms with E-state index in [1.54, 1.807) is 0 Å². The predicted octanol–water partition coefficient (Wildman–Crippen LogP) is 1.30. The van der Waals surface area contributed by atoms with Crippen LogP contribution >= 0.6 is 11.6 Å². The van der Waals surface area contributed by atoms with Gasteiger partial charge in [-0.05, 0) is 11.6 Å². The number of halogens is 1. The molecule has 0 atom stereocenters. The van der Waals surface area contributed by atoms with Gasteiger partial charge in [0.05, 0.1) is 18.0 Å². The Labute approximate surface area is 106 Å². The van der Waals surface area contributed by atoms with Crippen LogP contribution in [0.4, 0.5) is 10.5 Å². The lowest BCUT2D eigenvalue weighted by Gasteiger charge is -2.12. The van der Waals surface area contributed by atoms with Crippen molar-refractivity contribution in [2.45, 2.75) is 6.54 Å². The van der Waals surface area contributed by atoms with Gasteiger partial charge in [-0.3, -0.25) is 19.8 Å². The van der Waals surface area contributed by atoms with Crippen molar-refractivity contribution >= 4 is 29.2 Å². The minimum atomic E-state index is -0.613. The molecule has 18 heavy (non-hydrogen) atoms. The number of benzene rings is 1. The molecular formula is C10H8ClN3O4. The molecule has 1 aliphatic rings. The first-order chi connectivity index (χ1) is 8.49. The SMILES string of the molecule is O=C1CNC(=O)N1Cc1ccc(Cl)c([N+](=O)[O-])c1. The van der Waals surface area contributed by atoms with E-state index < -0.39 is 11.0 Å². The van der Waals surface area contributed by atoms with E-state index in [2.05, 4.69) is 5.32 Å². The molecule has 1 aromatic rings. The Morgan fingerprint density at radius 1 is 1.44 bits per heavy atom. The van der Waals surface area contributed by atoms with Gasteiger partial charge in [0.15, 0.2) is 0 Å². The molecule has 1 N–H and O–H groups in total. The third-order valence-corrected chi connectivity index (χ3v) is 2.80. The Hall–Kier alpha value is -2.15. The molecule has 1 aliphatic heterocycles. The van der Waals surface area contributed by atoms with Crippen molar-refractivity contribution in [1.29, 1.82) is 0 Å². The van der Waals surface area contributed by atoms with Crippen molar-refractivity contribution in [2.24, 2.45) is 0 Å². The summed E-state index contributed by atoms with van der Waals surface area (Å²) in [7, 11) is 0. The monoisotopic (exact) mass is 269 g/mol. The van der Waals surface area contributed by atoms with Gasteiger partial charge in [0.25, 0.3) is 5.69 Å². The summed E-state index contributed by atoms with van der Waals surface area (Å²) in [5, 5.41) is 13.1. The van der Waals surface area contributed by atoms with Crippen LogP contribution in [-0.2, 0) is 11.3 Å². The van der Waals surface area contributed by atoms with Crippen molar-refractivity contribution in [1.82, 2.24) is 10.2 Å². The Balaban J connectivity index is 2.24. The zero-order chi connectivity index (χ0) is 13.3. The number of nitro groups is 1. The van der Waals surface area contributed by atoms with E-state index in [1.165, 1.54) is 18.2 Å². The van der Waals surface area contributed by atoms with Crippen LogP contribution in [0.3, 0.4) is 0 Å². The molecular weight excluding hydrogens is 262 g/mol. The molecule has 8 heteroatoms. The smallest absolute Gasteiger partial charge is 0.324 e. The number of carbonyl (C=O) groups is 2. The summed E-state index contributed by atoms with van der Waals surface area (Å²) in [4.78, 5) is 33.7. The maximum atomic E-state index is 11.4. The highest BCUT2D eigenvalue weighted by molar-refractivity contribution is 6.32. The molecule has 0 aliphatic carbocycles. The summed E-state index contributed by atoms with van der Waals surface area (Å²) in [5.74, 6) is -0.363. The van der Waals surface area contributed by atoms with Crippen molar-refractivity contribution < 1.29 is 14.5 Å². The van der Waals surface area contributed by atoms with Gasteiger partial charge in [-0.15, -0.1) is 0 Å². The maximum absolute atomic E-state index is 11.4. The number of amides is 3. The zero-order valence-electron chi connectivity index (χ0n) is 9.05. The van der Waals surface area contributed by atoms with Crippen LogP contribution in [-0.4, -0.2) is 28.3 Å². The molecule has 0 radical (unpaired) electrons. The first kappa shape index (κ1) is 12.3. The zero-order valence-corrected chi connectivity index (χ0v) is 9.81. The second-order valence-corrected chi connectivity index (χ2v) is 4.09. The second kappa shape index (κ2) is 4.61. The first-order valence-electron chi connectivity index (χ1n) is 5.00. The summed E-state index contributed by atoms with van der Waals surface area (Å²) in [6, 6.07) is 3.65. The summed E-state index contributed by atoms with van der Waals surface area (Å²) in [6.45, 7) is -0.0583. The van der Waals surface area contributed by atoms with E-state index in [0.717, 1.165) is 4.90 Å². The summed E-state index contributed by atoms with van der Waals surface area (Å²) >= 11 is 5.66. The third kappa shape index (κ3) is 2.25. The largest absolute Gasteiger partial charge is 0.329 e. The average molecular weight is 270 g/mol. The molecule has 94 valence electrons. The van der Waals surface area contributed by atoms with E-state index in [4.69, 9.17) is 11.6 Å². The van der Waals surface area contributed by atoms with Gasteiger partial charge in [0, 0.05) is 6.07 Å². The van der Waals surface area contributed by atoms with Gasteiger partial charge < -0.3 is 5.32 Å². The maximum Gasteiger partial charge on any atom is 0.324 e. The van der Waals surface area contributed by atoms with Gasteiger partial charge in [0.1, 0.15) is 5.02 Å². The van der Waals surface area contributed by atoms with E-state index in [-0.39, 0.29) is 29.7 Å². The molecule has 1 fully saturated rings. The van der Waals surface area contributed by atoms with Crippen molar-refractivity contribution in [3.8, 4) is 0 Å². The van der Waals surface area contributed by atoms with Gasteiger partial charge >= 0.3 is 6.03 Å². The molecule has 3 amide bonds. The van der Waals surface area contributed by atoms with Crippen LogP contribution in [0.5, 0.6) is 0 Å². The lowest BCUT2D eigenvalue weighted by atomic mass is 10.2. The number of imide groups is 1. The van der Waals surface area contributed by atoms with Crippen LogP contribution in [0, 0.1) is 10.1 Å². The van der Waals surface area contributed by atoms with Crippen LogP contribution < -0.4 is 5.32 Å². The molecule has 0 spiro atoms. The fourth-order valence-corrected chi connectivity index (χ4v) is 1.78. The van der Waals surface area contributed by atoms with E-state index in [9.17, 15) is 19.7 Å². The molecule has 0 aromatic heterocycles. The molecule has 0 bridgehead atoms. The predicted molar refractivity (Wildman–Crippen MR) is 62.1 cm³/mol. The Bertz CT molecular complexity index is 530. The van der Waals surface area contributed by atoms with Crippen LogP contribution in [0.1, 0.15) is 5.56 Å². The van der Waals surface area contributed by atoms with Gasteiger partial charge in [-0.25, -0.2) is 4.79 Å². The van der Waals surface area contributed by atoms with E-state index in [0.29, 0.717) is 5.56 Å². The van der Waals surface area contributed by atoms with E-state index >= 15 is 0 Å². The minimum absolute atomic E-state index is 0.0112. The van der Waals surface area contributed by atoms with Crippen molar-refractivity contribution in [3.63, 3.8) is 0 Å². The third-order valence-electron chi connectivity index (χ3n) is 2.48. The van der Waals surface area contributed by atoms with Gasteiger partial charge in [-0.1, -0.05) is 17.7 Å². The number of carbonyl (C=O) groups excluding carboxylic acids is 2. The molecule has 2 rings (SSSR count). The summed E-state index contributed by atoms with van der Waals surface area (Å²) in [6.07, 6.45) is 0. The molecule has 7 nitrogen and oxygen atoms in total. The lowest BCUT2D eigenvalue weighted by Crippen LogP contribution is -2.30. The topological polar surface area (TPSA) is 92.6 Å². The summed E-state index contributed by atoms with van der Waals surface area (Å²) < 4.78 is 0. The standard InChI is InChI=1S/C10H8ClN3O4/c11-7-2-1-6(3-8(7)14(17)18)5-13-9(15)4-12-10(13)16/h1-3H,4-5H2,(H,12,16). The fraction of sp³-hybridized carbons (Fsp3) is 0.200. The number of nitrogens with zero attached hydrogens (tertiary/aromatic N) is 2. The molecule has 1 saturated heterocycles. The molecule has 0 saturated carbocycles. The highest BCUT2D eigenvalue weighted by atomic mass is 35.5. The number of nitrogens with one attached hydrogen (secondary N) is 1. The van der Waals surface area contributed by atoms with Crippen LogP contribution in [0.2, 0.25) is 5.02 Å². The Kier molecular flexibility index (Phi) is 3.15. The fourth-order valence-electron chi connectivity index (χ4n) is 1.59. The number of rotatable bonds is 3. The number of hydrogen-bond acceptors (Lipinski definition) is 4. The second-order valence-electron chi connectivity index (χ2n) is 3.68. The van der Waals surface area contributed by atoms with Gasteiger partial charge in [-0.2, -0.15) is 0 Å². The number of hydrogen-bond donors (Lipinski definition) is 1. The number of urea groups is 1. The van der Waals surface area contributed by atoms with Crippen molar-refractivity contribution in [2.75, 3.05) is 6.54 Å². The quantitative estimate of drug-likeness (QED) is 0.508. The highest BCUT2D eigenvalue weighted by Crippen LogP contribution is 2.25. The van der Waals surface area contributed by atoms with Crippen LogP contribution in [0.15, 0.2) is 18.2 Å². The first-order valence-corrected chi connectivity index (χ1v) is 5.38. The normalized spacial score (nSPS) is 14.8. The summed E-state index contributed by atoms with van der Waals surface area (Å²) in [5.41, 5.74) is 0.220.